The second-order valence-corrected chi connectivity index (χ2v) is 7.62. The van der Waals surface area contributed by atoms with Gasteiger partial charge in [-0.25, -0.2) is 0 Å². The van der Waals surface area contributed by atoms with Crippen LogP contribution in [0.25, 0.3) is 0 Å². The number of hydrogen-bond acceptors (Lipinski definition) is 5. The lowest BCUT2D eigenvalue weighted by Crippen LogP contribution is -2.71. The molecular formula is C11H6F13N3OS2. The van der Waals surface area contributed by atoms with E-state index in [9.17, 15) is 61.9 Å². The van der Waals surface area contributed by atoms with Gasteiger partial charge < -0.3 is 0 Å². The number of halogens is 13. The summed E-state index contributed by atoms with van der Waals surface area (Å²) in [4.78, 5) is 11.3. The maximum Gasteiger partial charge on any atom is 0.460 e. The van der Waals surface area contributed by atoms with Gasteiger partial charge in [-0.15, -0.1) is 10.2 Å². The monoisotopic (exact) mass is 507 g/mol. The third-order valence-electron chi connectivity index (χ3n) is 3.11. The third kappa shape index (κ3) is 4.01. The van der Waals surface area contributed by atoms with Crippen LogP contribution < -0.4 is 5.32 Å². The molecule has 0 aliphatic rings. The van der Waals surface area contributed by atoms with E-state index < -0.39 is 46.8 Å². The Morgan fingerprint density at radius 3 is 1.73 bits per heavy atom. The van der Waals surface area contributed by atoms with E-state index in [1.54, 1.807) is 6.92 Å². The molecule has 1 aromatic heterocycles. The molecule has 1 N–H and O–H groups in total. The first kappa shape index (κ1) is 26.5. The summed E-state index contributed by atoms with van der Waals surface area (Å²) in [6.07, 6.45) is -7.52. The fraction of sp³-hybridized carbons (Fsp3) is 0.727. The van der Waals surface area contributed by atoms with Crippen molar-refractivity contribution in [2.24, 2.45) is 0 Å². The predicted octanol–water partition coefficient (Wildman–Crippen LogP) is 5.33. The number of carbonyl (C=O) groups excluding carboxylic acids is 1. The largest absolute Gasteiger partial charge is 0.460 e. The first-order valence-electron chi connectivity index (χ1n) is 6.92. The van der Waals surface area contributed by atoms with Gasteiger partial charge in [-0.05, 0) is 5.75 Å². The highest BCUT2D eigenvalue weighted by Crippen LogP contribution is 2.60. The molecule has 1 rings (SSSR count). The summed E-state index contributed by atoms with van der Waals surface area (Å²) in [7, 11) is 0. The Bertz CT molecular complexity index is 777. The number of alkyl halides is 13. The van der Waals surface area contributed by atoms with Crippen LogP contribution in [-0.2, 0) is 4.79 Å². The van der Waals surface area contributed by atoms with Gasteiger partial charge in [-0.3, -0.25) is 10.1 Å². The van der Waals surface area contributed by atoms with Crippen molar-refractivity contribution >= 4 is 34.1 Å². The molecular weight excluding hydrogens is 501 g/mol. The molecule has 0 atom stereocenters. The number of rotatable bonds is 8. The number of amides is 1. The average molecular weight is 507 g/mol. The van der Waals surface area contributed by atoms with Gasteiger partial charge in [0.2, 0.25) is 5.13 Å². The van der Waals surface area contributed by atoms with Crippen LogP contribution in [0.2, 0.25) is 0 Å². The van der Waals surface area contributed by atoms with E-state index in [1.165, 1.54) is 0 Å². The summed E-state index contributed by atoms with van der Waals surface area (Å²) in [5, 5.41) is 6.06. The molecule has 0 radical (unpaired) electrons. The van der Waals surface area contributed by atoms with E-state index in [2.05, 4.69) is 10.2 Å². The van der Waals surface area contributed by atoms with E-state index in [0.29, 0.717) is 5.75 Å². The maximum absolute atomic E-state index is 13.6. The highest BCUT2D eigenvalue weighted by Gasteiger charge is 2.91. The summed E-state index contributed by atoms with van der Waals surface area (Å²) >= 11 is 1.16. The molecule has 0 aromatic carbocycles. The van der Waals surface area contributed by atoms with Crippen molar-refractivity contribution in [3.63, 3.8) is 0 Å². The summed E-state index contributed by atoms with van der Waals surface area (Å²) < 4.78 is 168. The van der Waals surface area contributed by atoms with Crippen molar-refractivity contribution in [1.29, 1.82) is 0 Å². The second-order valence-electron chi connectivity index (χ2n) is 5.13. The smallest absolute Gasteiger partial charge is 0.295 e. The standard InChI is InChI=1S/C11H6F13N3OS2/c1-2-29-5-27-26-4(30-5)25-3(28)6(12,13)7(14,15)8(16,17)9(18,19)10(20,21)11(22,23)24/h2H2,1H3,(H,25,26,28). The zero-order valence-electron chi connectivity index (χ0n) is 13.7. The summed E-state index contributed by atoms with van der Waals surface area (Å²) in [5.41, 5.74) is 0. The van der Waals surface area contributed by atoms with Crippen LogP contribution in [0.1, 0.15) is 6.92 Å². The summed E-state index contributed by atoms with van der Waals surface area (Å²) in [5.74, 6) is -41.7. The van der Waals surface area contributed by atoms with Crippen LogP contribution >= 0.6 is 23.1 Å². The van der Waals surface area contributed by atoms with Crippen molar-refractivity contribution in [3.8, 4) is 0 Å². The topological polar surface area (TPSA) is 54.9 Å². The van der Waals surface area contributed by atoms with Gasteiger partial charge in [-0.1, -0.05) is 30.0 Å². The first-order chi connectivity index (χ1) is 13.2. The van der Waals surface area contributed by atoms with Crippen molar-refractivity contribution < 1.29 is 61.9 Å². The Hall–Kier alpha value is -1.53. The van der Waals surface area contributed by atoms with Crippen LogP contribution in [0.15, 0.2) is 4.34 Å². The quantitative estimate of drug-likeness (QED) is 0.294. The molecule has 0 saturated carbocycles. The van der Waals surface area contributed by atoms with E-state index >= 15 is 0 Å². The van der Waals surface area contributed by atoms with Gasteiger partial charge in [-0.2, -0.15) is 57.1 Å². The third-order valence-corrected chi connectivity index (χ3v) is 4.97. The molecule has 0 aliphatic heterocycles. The van der Waals surface area contributed by atoms with Crippen LogP contribution in [0.5, 0.6) is 0 Å². The zero-order chi connectivity index (χ0) is 24.0. The molecule has 4 nitrogen and oxygen atoms in total. The fourth-order valence-corrected chi connectivity index (χ4v) is 3.17. The molecule has 0 saturated heterocycles. The Morgan fingerprint density at radius 2 is 1.30 bits per heavy atom. The molecule has 0 unspecified atom stereocenters. The van der Waals surface area contributed by atoms with Gasteiger partial charge in [0.15, 0.2) is 4.34 Å². The zero-order valence-corrected chi connectivity index (χ0v) is 15.4. The number of carbonyl (C=O) groups is 1. The molecule has 30 heavy (non-hydrogen) atoms. The minimum Gasteiger partial charge on any atom is -0.295 e. The van der Waals surface area contributed by atoms with Crippen LogP contribution in [0, 0.1) is 0 Å². The minimum atomic E-state index is -8.07. The fourth-order valence-electron chi connectivity index (χ4n) is 1.53. The molecule has 19 heteroatoms. The Morgan fingerprint density at radius 1 is 0.833 bits per heavy atom. The SMILES string of the molecule is CCSc1nnc(NC(=O)C(F)(F)C(F)(F)C(F)(F)C(F)(F)C(F)(F)C(F)(F)F)s1. The van der Waals surface area contributed by atoms with Gasteiger partial charge in [0.05, 0.1) is 0 Å². The molecule has 0 bridgehead atoms. The number of nitrogens with zero attached hydrogens (tertiary/aromatic N) is 2. The van der Waals surface area contributed by atoms with Crippen molar-refractivity contribution in [2.45, 2.75) is 47.1 Å². The van der Waals surface area contributed by atoms with Crippen LogP contribution in [-0.4, -0.2) is 57.6 Å². The minimum absolute atomic E-state index is 0.0374. The van der Waals surface area contributed by atoms with Crippen LogP contribution in [0.3, 0.4) is 0 Å². The molecule has 0 fully saturated rings. The van der Waals surface area contributed by atoms with Crippen molar-refractivity contribution in [1.82, 2.24) is 10.2 Å². The Labute approximate surface area is 165 Å². The second kappa shape index (κ2) is 7.86. The number of aromatic nitrogens is 2. The molecule has 0 aliphatic carbocycles. The average Bonchev–Trinajstić information content (AvgIpc) is 3.00. The van der Waals surface area contributed by atoms with E-state index in [1.807, 2.05) is 0 Å². The Balaban J connectivity index is 3.31. The molecule has 1 aromatic rings. The Kier molecular flexibility index (Phi) is 6.95. The number of nitrogens with one attached hydrogen (secondary N) is 1. The van der Waals surface area contributed by atoms with E-state index in [0.717, 1.165) is 17.1 Å². The van der Waals surface area contributed by atoms with Gasteiger partial charge in [0.1, 0.15) is 0 Å². The van der Waals surface area contributed by atoms with E-state index in [4.69, 9.17) is 0 Å². The molecule has 1 heterocycles. The highest BCUT2D eigenvalue weighted by molar-refractivity contribution is 8.01. The normalized spacial score (nSPS) is 14.7. The van der Waals surface area contributed by atoms with Gasteiger partial charge in [0, 0.05) is 0 Å². The number of hydrogen-bond donors (Lipinski definition) is 1. The van der Waals surface area contributed by atoms with Gasteiger partial charge >= 0.3 is 41.7 Å². The van der Waals surface area contributed by atoms with E-state index in [-0.39, 0.29) is 15.7 Å². The van der Waals surface area contributed by atoms with Gasteiger partial charge in [0.25, 0.3) is 0 Å². The maximum atomic E-state index is 13.6. The first-order valence-corrected chi connectivity index (χ1v) is 8.72. The highest BCUT2D eigenvalue weighted by atomic mass is 32.2. The molecule has 1 amide bonds. The van der Waals surface area contributed by atoms with Crippen LogP contribution in [0.4, 0.5) is 62.2 Å². The van der Waals surface area contributed by atoms with Crippen molar-refractivity contribution in [3.05, 3.63) is 0 Å². The summed E-state index contributed by atoms with van der Waals surface area (Å²) in [6, 6.07) is 0. The lowest BCUT2D eigenvalue weighted by molar-refractivity contribution is -0.435. The lowest BCUT2D eigenvalue weighted by Gasteiger charge is -2.39. The number of thioether (sulfide) groups is 1. The molecule has 174 valence electrons. The molecule has 0 spiro atoms. The predicted molar refractivity (Wildman–Crippen MR) is 75.7 cm³/mol. The summed E-state index contributed by atoms with van der Waals surface area (Å²) in [6.45, 7) is 1.57. The lowest BCUT2D eigenvalue weighted by atomic mass is 9.93. The number of anilines is 1. The van der Waals surface area contributed by atoms with Crippen molar-refractivity contribution in [2.75, 3.05) is 11.1 Å².